The Bertz CT molecular complexity index is 681. The number of carbonyl (C=O) groups is 1. The van der Waals surface area contributed by atoms with E-state index in [1.54, 1.807) is 13.1 Å². The zero-order valence-electron chi connectivity index (χ0n) is 16.1. The molecule has 0 heterocycles. The summed E-state index contributed by atoms with van der Waals surface area (Å²) in [6.45, 7) is 2.42. The SMILES string of the molecule is CCS(=O)C1CCCC(NC(=NC)NCc2cccc(OCC(N)=O)c2)C1. The molecule has 4 N–H and O–H groups in total. The van der Waals surface area contributed by atoms with Gasteiger partial charge >= 0.3 is 0 Å². The van der Waals surface area contributed by atoms with Gasteiger partial charge in [0.2, 0.25) is 0 Å². The van der Waals surface area contributed by atoms with E-state index in [2.05, 4.69) is 15.6 Å². The zero-order valence-corrected chi connectivity index (χ0v) is 16.9. The predicted octanol–water partition coefficient (Wildman–Crippen LogP) is 1.30. The number of benzene rings is 1. The Balaban J connectivity index is 1.86. The Labute approximate surface area is 163 Å². The van der Waals surface area contributed by atoms with E-state index in [1.807, 2.05) is 25.1 Å². The molecule has 0 bridgehead atoms. The minimum atomic E-state index is -0.740. The summed E-state index contributed by atoms with van der Waals surface area (Å²) in [5, 5.41) is 7.03. The minimum absolute atomic E-state index is 0.137. The van der Waals surface area contributed by atoms with Crippen LogP contribution in [0.3, 0.4) is 0 Å². The van der Waals surface area contributed by atoms with Gasteiger partial charge in [0.15, 0.2) is 12.6 Å². The number of aliphatic imine (C=N–C) groups is 1. The molecule has 150 valence electrons. The standard InChI is InChI=1S/C19H30N4O3S/c1-3-27(25)17-9-5-7-15(11-17)23-19(21-2)22-12-14-6-4-8-16(10-14)26-13-18(20)24/h4,6,8,10,15,17H,3,5,7,9,11-13H2,1-2H3,(H2,20,24)(H2,21,22,23). The number of guanidine groups is 1. The van der Waals surface area contributed by atoms with Gasteiger partial charge in [-0.1, -0.05) is 25.5 Å². The monoisotopic (exact) mass is 394 g/mol. The summed E-state index contributed by atoms with van der Waals surface area (Å²) in [6, 6.07) is 7.78. The number of nitrogens with one attached hydrogen (secondary N) is 2. The summed E-state index contributed by atoms with van der Waals surface area (Å²) >= 11 is 0. The van der Waals surface area contributed by atoms with Crippen molar-refractivity contribution >= 4 is 22.7 Å². The number of hydrogen-bond donors (Lipinski definition) is 3. The molecule has 1 amide bonds. The first-order chi connectivity index (χ1) is 13.0. The van der Waals surface area contributed by atoms with Gasteiger partial charge in [0.1, 0.15) is 5.75 Å². The number of rotatable bonds is 8. The molecule has 0 spiro atoms. The number of primary amides is 1. The Morgan fingerprint density at radius 1 is 1.41 bits per heavy atom. The van der Waals surface area contributed by atoms with Crippen LogP contribution in [0.15, 0.2) is 29.3 Å². The highest BCUT2D eigenvalue weighted by Gasteiger charge is 2.25. The summed E-state index contributed by atoms with van der Waals surface area (Å²) in [5.41, 5.74) is 6.11. The van der Waals surface area contributed by atoms with Crippen LogP contribution in [0.2, 0.25) is 0 Å². The fraction of sp³-hybridized carbons (Fsp3) is 0.579. The first-order valence-electron chi connectivity index (χ1n) is 9.36. The highest BCUT2D eigenvalue weighted by molar-refractivity contribution is 7.85. The van der Waals surface area contributed by atoms with Crippen molar-refractivity contribution in [2.75, 3.05) is 19.4 Å². The van der Waals surface area contributed by atoms with Crippen LogP contribution in [-0.2, 0) is 22.1 Å². The van der Waals surface area contributed by atoms with Crippen molar-refractivity contribution < 1.29 is 13.7 Å². The van der Waals surface area contributed by atoms with Gasteiger partial charge in [0.25, 0.3) is 5.91 Å². The maximum atomic E-state index is 12.1. The first kappa shape index (κ1) is 21.2. The fourth-order valence-corrected chi connectivity index (χ4v) is 4.57. The van der Waals surface area contributed by atoms with Crippen molar-refractivity contribution in [3.8, 4) is 5.75 Å². The van der Waals surface area contributed by atoms with Crippen LogP contribution < -0.4 is 21.1 Å². The maximum Gasteiger partial charge on any atom is 0.255 e. The van der Waals surface area contributed by atoms with E-state index in [0.29, 0.717) is 12.3 Å². The van der Waals surface area contributed by atoms with Gasteiger partial charge in [-0.25, -0.2) is 0 Å². The van der Waals surface area contributed by atoms with Crippen LogP contribution in [0.25, 0.3) is 0 Å². The van der Waals surface area contributed by atoms with Gasteiger partial charge in [-0.3, -0.25) is 14.0 Å². The van der Waals surface area contributed by atoms with E-state index in [4.69, 9.17) is 10.5 Å². The quantitative estimate of drug-likeness (QED) is 0.455. The van der Waals surface area contributed by atoms with Gasteiger partial charge in [0, 0.05) is 41.4 Å². The zero-order chi connectivity index (χ0) is 19.6. The molecular weight excluding hydrogens is 364 g/mol. The molecule has 27 heavy (non-hydrogen) atoms. The number of nitrogens with two attached hydrogens (primary N) is 1. The molecule has 1 aromatic rings. The molecule has 0 aliphatic heterocycles. The number of nitrogens with zero attached hydrogens (tertiary/aromatic N) is 1. The van der Waals surface area contributed by atoms with Crippen molar-refractivity contribution in [3.63, 3.8) is 0 Å². The van der Waals surface area contributed by atoms with Gasteiger partial charge in [-0.2, -0.15) is 0 Å². The lowest BCUT2D eigenvalue weighted by Gasteiger charge is -2.30. The smallest absolute Gasteiger partial charge is 0.255 e. The molecule has 1 aliphatic rings. The van der Waals surface area contributed by atoms with Crippen LogP contribution in [0.1, 0.15) is 38.2 Å². The normalized spacial score (nSPS) is 21.3. The Kier molecular flexibility index (Phi) is 8.57. The molecule has 0 aromatic heterocycles. The summed E-state index contributed by atoms with van der Waals surface area (Å²) < 4.78 is 17.4. The molecule has 3 unspecified atom stereocenters. The molecule has 7 nitrogen and oxygen atoms in total. The largest absolute Gasteiger partial charge is 0.484 e. The average molecular weight is 395 g/mol. The van der Waals surface area contributed by atoms with E-state index >= 15 is 0 Å². The van der Waals surface area contributed by atoms with Crippen LogP contribution in [0.4, 0.5) is 0 Å². The van der Waals surface area contributed by atoms with Crippen molar-refractivity contribution in [2.24, 2.45) is 10.7 Å². The summed E-state index contributed by atoms with van der Waals surface area (Å²) in [6.07, 6.45) is 4.11. The number of ether oxygens (including phenoxy) is 1. The predicted molar refractivity (Wildman–Crippen MR) is 109 cm³/mol. The highest BCUT2D eigenvalue weighted by Crippen LogP contribution is 2.23. The number of carbonyl (C=O) groups excluding carboxylic acids is 1. The van der Waals surface area contributed by atoms with E-state index in [-0.39, 0.29) is 17.9 Å². The van der Waals surface area contributed by atoms with Crippen molar-refractivity contribution in [3.05, 3.63) is 29.8 Å². The first-order valence-corrected chi connectivity index (χ1v) is 10.7. The van der Waals surface area contributed by atoms with Crippen LogP contribution in [0.5, 0.6) is 5.75 Å². The van der Waals surface area contributed by atoms with Crippen molar-refractivity contribution in [1.82, 2.24) is 10.6 Å². The fourth-order valence-electron chi connectivity index (χ4n) is 3.22. The molecule has 2 rings (SSSR count). The molecule has 3 atom stereocenters. The molecule has 1 aliphatic carbocycles. The molecule has 0 saturated heterocycles. The van der Waals surface area contributed by atoms with Crippen LogP contribution >= 0.6 is 0 Å². The second kappa shape index (κ2) is 10.9. The summed E-state index contributed by atoms with van der Waals surface area (Å²) in [7, 11) is 1.00. The van der Waals surface area contributed by atoms with E-state index < -0.39 is 16.7 Å². The third-order valence-electron chi connectivity index (χ3n) is 4.59. The second-order valence-corrected chi connectivity index (χ2v) is 8.63. The number of amides is 1. The summed E-state index contributed by atoms with van der Waals surface area (Å²) in [4.78, 5) is 15.1. The van der Waals surface area contributed by atoms with Gasteiger partial charge in [-0.15, -0.1) is 0 Å². The van der Waals surface area contributed by atoms with Crippen LogP contribution in [-0.4, -0.2) is 46.8 Å². The van der Waals surface area contributed by atoms with E-state index in [1.165, 1.54) is 0 Å². The average Bonchev–Trinajstić information content (AvgIpc) is 2.69. The van der Waals surface area contributed by atoms with E-state index in [0.717, 1.165) is 43.0 Å². The summed E-state index contributed by atoms with van der Waals surface area (Å²) in [5.74, 6) is 1.55. The Morgan fingerprint density at radius 3 is 2.93 bits per heavy atom. The topological polar surface area (TPSA) is 106 Å². The van der Waals surface area contributed by atoms with Crippen molar-refractivity contribution in [2.45, 2.75) is 50.4 Å². The van der Waals surface area contributed by atoms with Gasteiger partial charge in [0.05, 0.1) is 0 Å². The molecule has 0 radical (unpaired) electrons. The molecule has 1 fully saturated rings. The Hall–Kier alpha value is -2.09. The van der Waals surface area contributed by atoms with Crippen molar-refractivity contribution in [1.29, 1.82) is 0 Å². The minimum Gasteiger partial charge on any atom is -0.484 e. The van der Waals surface area contributed by atoms with Gasteiger partial charge < -0.3 is 21.1 Å². The highest BCUT2D eigenvalue weighted by atomic mass is 32.2. The van der Waals surface area contributed by atoms with E-state index in [9.17, 15) is 9.00 Å². The van der Waals surface area contributed by atoms with Crippen LogP contribution in [0, 0.1) is 0 Å². The Morgan fingerprint density at radius 2 is 2.22 bits per heavy atom. The second-order valence-electron chi connectivity index (χ2n) is 6.63. The molecule has 1 aromatic carbocycles. The van der Waals surface area contributed by atoms with Gasteiger partial charge in [-0.05, 0) is 37.0 Å². The molecule has 8 heteroatoms. The third-order valence-corrected chi connectivity index (χ3v) is 6.33. The lowest BCUT2D eigenvalue weighted by atomic mass is 9.95. The maximum absolute atomic E-state index is 12.1. The third kappa shape index (κ3) is 7.21. The lowest BCUT2D eigenvalue weighted by molar-refractivity contribution is -0.119. The molecular formula is C19H30N4O3S. The molecule has 1 saturated carbocycles. The number of hydrogen-bond acceptors (Lipinski definition) is 4. The lowest BCUT2D eigenvalue weighted by Crippen LogP contribution is -2.46.